The van der Waals surface area contributed by atoms with Crippen molar-refractivity contribution in [2.24, 2.45) is 0 Å². The smallest absolute Gasteiger partial charge is 0.330 e. The lowest BCUT2D eigenvalue weighted by atomic mass is 10.1. The van der Waals surface area contributed by atoms with Gasteiger partial charge in [-0.1, -0.05) is 6.58 Å². The Kier molecular flexibility index (Phi) is 4.06. The van der Waals surface area contributed by atoms with Crippen LogP contribution in [0.4, 0.5) is 0 Å². The molecule has 1 aliphatic heterocycles. The molecule has 2 N–H and O–H groups in total. The second-order valence-corrected chi connectivity index (χ2v) is 3.16. The average molecular weight is 202 g/mol. The third-order valence-electron chi connectivity index (χ3n) is 2.00. The Labute approximate surface area is 81.9 Å². The number of aliphatic hydroxyl groups excluding tert-OH is 2. The predicted molar refractivity (Wildman–Crippen MR) is 47.5 cm³/mol. The fraction of sp³-hybridized carbons (Fsp3) is 0.667. The molecule has 5 heteroatoms. The molecule has 0 aromatic heterocycles. The van der Waals surface area contributed by atoms with Crippen molar-refractivity contribution in [3.8, 4) is 0 Å². The Morgan fingerprint density at radius 2 is 2.50 bits per heavy atom. The van der Waals surface area contributed by atoms with E-state index in [4.69, 9.17) is 9.84 Å². The van der Waals surface area contributed by atoms with E-state index in [-0.39, 0.29) is 13.2 Å². The summed E-state index contributed by atoms with van der Waals surface area (Å²) in [5.74, 6) is -0.581. The lowest BCUT2D eigenvalue weighted by molar-refractivity contribution is -0.143. The minimum atomic E-state index is -0.893. The fourth-order valence-corrected chi connectivity index (χ4v) is 1.24. The molecule has 1 saturated heterocycles. The number of hydrogen-bond donors (Lipinski definition) is 2. The van der Waals surface area contributed by atoms with Crippen molar-refractivity contribution in [3.05, 3.63) is 12.7 Å². The Bertz CT molecular complexity index is 215. The molecule has 1 heterocycles. The Morgan fingerprint density at radius 1 is 1.79 bits per heavy atom. The first kappa shape index (κ1) is 11.2. The molecule has 0 saturated carbocycles. The van der Waals surface area contributed by atoms with Gasteiger partial charge in [0, 0.05) is 12.5 Å². The molecule has 5 nitrogen and oxygen atoms in total. The van der Waals surface area contributed by atoms with Crippen LogP contribution in [0.5, 0.6) is 0 Å². The molecule has 0 bridgehead atoms. The summed E-state index contributed by atoms with van der Waals surface area (Å²) in [5.41, 5.74) is 0. The number of carbonyl (C=O) groups is 1. The highest BCUT2D eigenvalue weighted by Crippen LogP contribution is 2.16. The highest BCUT2D eigenvalue weighted by atomic mass is 16.6. The molecule has 0 aromatic rings. The van der Waals surface area contributed by atoms with Crippen molar-refractivity contribution in [2.45, 2.75) is 24.7 Å². The van der Waals surface area contributed by atoms with Gasteiger partial charge in [0.25, 0.3) is 0 Å². The van der Waals surface area contributed by atoms with E-state index in [0.717, 1.165) is 6.08 Å². The van der Waals surface area contributed by atoms with E-state index in [1.165, 1.54) is 0 Å². The third-order valence-corrected chi connectivity index (χ3v) is 2.00. The molecule has 0 aliphatic carbocycles. The largest absolute Gasteiger partial charge is 0.460 e. The van der Waals surface area contributed by atoms with Crippen LogP contribution in [0.3, 0.4) is 0 Å². The highest BCUT2D eigenvalue weighted by Gasteiger charge is 2.30. The zero-order valence-electron chi connectivity index (χ0n) is 7.76. The zero-order valence-corrected chi connectivity index (χ0v) is 7.76. The van der Waals surface area contributed by atoms with Crippen molar-refractivity contribution in [1.29, 1.82) is 0 Å². The van der Waals surface area contributed by atoms with Crippen LogP contribution in [0.1, 0.15) is 6.42 Å². The quantitative estimate of drug-likeness (QED) is 0.462. The van der Waals surface area contributed by atoms with E-state index < -0.39 is 24.3 Å². The van der Waals surface area contributed by atoms with Crippen LogP contribution in [-0.2, 0) is 14.3 Å². The van der Waals surface area contributed by atoms with E-state index in [2.05, 4.69) is 11.3 Å². The lowest BCUT2D eigenvalue weighted by Gasteiger charge is -2.16. The van der Waals surface area contributed by atoms with E-state index in [1.807, 2.05) is 0 Å². The van der Waals surface area contributed by atoms with Crippen molar-refractivity contribution in [1.82, 2.24) is 0 Å². The van der Waals surface area contributed by atoms with Gasteiger partial charge in [-0.05, 0) is 0 Å². The van der Waals surface area contributed by atoms with Gasteiger partial charge >= 0.3 is 5.97 Å². The van der Waals surface area contributed by atoms with Gasteiger partial charge in [-0.25, -0.2) is 4.79 Å². The summed E-state index contributed by atoms with van der Waals surface area (Å²) in [6.45, 7) is 3.30. The number of hydrogen-bond acceptors (Lipinski definition) is 5. The van der Waals surface area contributed by atoms with Crippen LogP contribution in [0, 0.1) is 0 Å². The van der Waals surface area contributed by atoms with E-state index in [0.29, 0.717) is 6.42 Å². The second-order valence-electron chi connectivity index (χ2n) is 3.16. The van der Waals surface area contributed by atoms with E-state index in [1.54, 1.807) is 0 Å². The Morgan fingerprint density at radius 3 is 3.00 bits per heavy atom. The van der Waals surface area contributed by atoms with E-state index >= 15 is 0 Å². The molecule has 0 spiro atoms. The predicted octanol–water partition coefficient (Wildman–Crippen LogP) is -0.774. The molecule has 1 fully saturated rings. The number of rotatable bonds is 4. The van der Waals surface area contributed by atoms with E-state index in [9.17, 15) is 9.90 Å². The first-order chi connectivity index (χ1) is 6.63. The molecule has 80 valence electrons. The lowest BCUT2D eigenvalue weighted by Crippen LogP contribution is -2.31. The monoisotopic (exact) mass is 202 g/mol. The zero-order chi connectivity index (χ0) is 10.6. The molecule has 0 amide bonds. The summed E-state index contributed by atoms with van der Waals surface area (Å²) in [6.07, 6.45) is -0.493. The van der Waals surface area contributed by atoms with Crippen molar-refractivity contribution in [2.75, 3.05) is 13.2 Å². The highest BCUT2D eigenvalue weighted by molar-refractivity contribution is 5.81. The maximum absolute atomic E-state index is 10.7. The van der Waals surface area contributed by atoms with Gasteiger partial charge in [0.1, 0.15) is 12.7 Å². The van der Waals surface area contributed by atoms with Crippen molar-refractivity contribution >= 4 is 5.97 Å². The number of carbonyl (C=O) groups excluding carboxylic acids is 1. The normalized spacial score (nSPS) is 28.4. The molecule has 1 rings (SSSR count). The summed E-state index contributed by atoms with van der Waals surface area (Å²) in [6, 6.07) is 0. The standard InChI is InChI=1S/C9H14O5/c1-2-9(12)14-5-7(11)8-3-6(10)4-13-8/h2,6-8,10-11H,1,3-5H2/t6-,7+,8?/m0/s1. The van der Waals surface area contributed by atoms with Crippen LogP contribution in [0.25, 0.3) is 0 Å². The van der Waals surface area contributed by atoms with Gasteiger partial charge in [0.15, 0.2) is 0 Å². The van der Waals surface area contributed by atoms with Crippen LogP contribution in [0.2, 0.25) is 0 Å². The summed E-state index contributed by atoms with van der Waals surface area (Å²) < 4.78 is 9.71. The molecular weight excluding hydrogens is 188 g/mol. The Balaban J connectivity index is 2.24. The first-order valence-electron chi connectivity index (χ1n) is 4.40. The van der Waals surface area contributed by atoms with Crippen LogP contribution >= 0.6 is 0 Å². The average Bonchev–Trinajstić information content (AvgIpc) is 2.60. The fourth-order valence-electron chi connectivity index (χ4n) is 1.24. The third kappa shape index (κ3) is 3.10. The molecule has 14 heavy (non-hydrogen) atoms. The van der Waals surface area contributed by atoms with Crippen LogP contribution in [0.15, 0.2) is 12.7 Å². The van der Waals surface area contributed by atoms with Gasteiger partial charge in [0.05, 0.1) is 18.8 Å². The maximum atomic E-state index is 10.7. The van der Waals surface area contributed by atoms with Gasteiger partial charge in [0.2, 0.25) is 0 Å². The number of esters is 1. The molecule has 1 unspecified atom stereocenters. The van der Waals surface area contributed by atoms with Crippen LogP contribution in [-0.4, -0.2) is 47.7 Å². The second kappa shape index (κ2) is 5.09. The Hall–Kier alpha value is -0.910. The first-order valence-corrected chi connectivity index (χ1v) is 4.40. The molecule has 1 aliphatic rings. The minimum absolute atomic E-state index is 0.137. The van der Waals surface area contributed by atoms with Gasteiger partial charge in [-0.2, -0.15) is 0 Å². The van der Waals surface area contributed by atoms with Crippen molar-refractivity contribution < 1.29 is 24.5 Å². The SMILES string of the molecule is C=CC(=O)OC[C@@H](O)C1C[C@H](O)CO1. The topological polar surface area (TPSA) is 76.0 Å². The maximum Gasteiger partial charge on any atom is 0.330 e. The molecule has 0 radical (unpaired) electrons. The number of aliphatic hydroxyl groups is 2. The number of ether oxygens (including phenoxy) is 2. The van der Waals surface area contributed by atoms with Crippen molar-refractivity contribution in [3.63, 3.8) is 0 Å². The summed E-state index contributed by atoms with van der Waals surface area (Å²) in [5, 5.41) is 18.6. The van der Waals surface area contributed by atoms with Gasteiger partial charge in [-0.15, -0.1) is 0 Å². The summed E-state index contributed by atoms with van der Waals surface area (Å²) in [4.78, 5) is 10.7. The summed E-state index contributed by atoms with van der Waals surface area (Å²) >= 11 is 0. The van der Waals surface area contributed by atoms with Gasteiger partial charge < -0.3 is 19.7 Å². The minimum Gasteiger partial charge on any atom is -0.460 e. The van der Waals surface area contributed by atoms with Gasteiger partial charge in [-0.3, -0.25) is 0 Å². The molecule has 0 aromatic carbocycles. The van der Waals surface area contributed by atoms with Crippen LogP contribution < -0.4 is 0 Å². The molecular formula is C9H14O5. The summed E-state index contributed by atoms with van der Waals surface area (Å²) in [7, 11) is 0. The molecule has 3 atom stereocenters.